The number of hydrogen-bond donors (Lipinski definition) is 0. The molecule has 1 aliphatic rings. The second kappa shape index (κ2) is 8.30. The van der Waals surface area contributed by atoms with Crippen molar-refractivity contribution in [3.63, 3.8) is 0 Å². The van der Waals surface area contributed by atoms with Crippen molar-refractivity contribution >= 4 is 59.3 Å². The summed E-state index contributed by atoms with van der Waals surface area (Å²) < 4.78 is 2.68. The van der Waals surface area contributed by atoms with Crippen molar-refractivity contribution in [1.29, 1.82) is 0 Å². The third-order valence-corrected chi connectivity index (χ3v) is 9.55. The summed E-state index contributed by atoms with van der Waals surface area (Å²) in [5.41, 5.74) is 8.96. The second-order valence-corrected chi connectivity index (χ2v) is 12.1. The molecule has 186 valence electrons. The lowest BCUT2D eigenvalue weighted by molar-refractivity contribution is 0.660. The summed E-state index contributed by atoms with van der Waals surface area (Å²) in [6.45, 7) is 4.70. The van der Waals surface area contributed by atoms with Crippen LogP contribution in [0.25, 0.3) is 42.1 Å². The maximum Gasteiger partial charge on any atom is 0.0468 e. The summed E-state index contributed by atoms with van der Waals surface area (Å²) >= 11 is 1.88. The highest BCUT2D eigenvalue weighted by atomic mass is 32.1. The van der Waals surface area contributed by atoms with Crippen LogP contribution in [0.1, 0.15) is 25.0 Å². The van der Waals surface area contributed by atoms with E-state index in [-0.39, 0.29) is 5.41 Å². The minimum atomic E-state index is -0.0412. The number of anilines is 3. The van der Waals surface area contributed by atoms with Gasteiger partial charge < -0.3 is 4.90 Å². The van der Waals surface area contributed by atoms with Crippen LogP contribution < -0.4 is 4.90 Å². The average molecular weight is 518 g/mol. The molecular formula is C37H27NS. The molecule has 1 aliphatic carbocycles. The van der Waals surface area contributed by atoms with Crippen LogP contribution in [0.5, 0.6) is 0 Å². The smallest absolute Gasteiger partial charge is 0.0468 e. The minimum absolute atomic E-state index is 0.0412. The number of para-hydroxylation sites is 1. The highest BCUT2D eigenvalue weighted by Crippen LogP contribution is 2.50. The zero-order chi connectivity index (χ0) is 26.1. The summed E-state index contributed by atoms with van der Waals surface area (Å²) in [5.74, 6) is 0. The molecule has 1 aromatic heterocycles. The molecule has 0 unspecified atom stereocenters. The SMILES string of the molecule is CC1(C)c2ccccc2-c2ccc(N(c3ccccc3)c3ccc4cc5c(cc4c3)sc3ccccc35)cc21. The molecule has 0 saturated heterocycles. The lowest BCUT2D eigenvalue weighted by Gasteiger charge is -2.28. The monoisotopic (exact) mass is 517 g/mol. The van der Waals surface area contributed by atoms with E-state index in [2.05, 4.69) is 146 Å². The molecule has 0 atom stereocenters. The Labute approximate surface area is 232 Å². The number of thiophene rings is 1. The Morgan fingerprint density at radius 2 is 1.21 bits per heavy atom. The third kappa shape index (κ3) is 3.38. The summed E-state index contributed by atoms with van der Waals surface area (Å²) in [6, 6.07) is 46.9. The predicted octanol–water partition coefficient (Wildman–Crippen LogP) is 11.0. The molecule has 39 heavy (non-hydrogen) atoms. The Balaban J connectivity index is 1.31. The van der Waals surface area contributed by atoms with Gasteiger partial charge in [0.1, 0.15) is 0 Å². The number of fused-ring (bicyclic) bond motifs is 7. The normalized spacial score (nSPS) is 13.6. The van der Waals surface area contributed by atoms with Gasteiger partial charge in [-0.15, -0.1) is 11.3 Å². The quantitative estimate of drug-likeness (QED) is 0.225. The Kier molecular flexibility index (Phi) is 4.80. The van der Waals surface area contributed by atoms with Crippen LogP contribution >= 0.6 is 11.3 Å². The van der Waals surface area contributed by atoms with Gasteiger partial charge in [-0.1, -0.05) is 86.6 Å². The summed E-state index contributed by atoms with van der Waals surface area (Å²) in [7, 11) is 0. The molecule has 0 spiro atoms. The summed E-state index contributed by atoms with van der Waals surface area (Å²) in [5, 5.41) is 5.22. The molecule has 0 saturated carbocycles. The van der Waals surface area contributed by atoms with Gasteiger partial charge in [-0.2, -0.15) is 0 Å². The van der Waals surface area contributed by atoms with Crippen LogP contribution in [-0.2, 0) is 5.41 Å². The topological polar surface area (TPSA) is 3.24 Å². The first-order chi connectivity index (χ1) is 19.1. The zero-order valence-electron chi connectivity index (χ0n) is 22.0. The van der Waals surface area contributed by atoms with E-state index in [1.165, 1.54) is 64.6 Å². The van der Waals surface area contributed by atoms with E-state index in [9.17, 15) is 0 Å². The van der Waals surface area contributed by atoms with E-state index >= 15 is 0 Å². The fourth-order valence-electron chi connectivity index (χ4n) is 6.45. The first-order valence-corrected chi connectivity index (χ1v) is 14.3. The van der Waals surface area contributed by atoms with E-state index in [0.717, 1.165) is 5.69 Å². The van der Waals surface area contributed by atoms with Crippen molar-refractivity contribution in [3.8, 4) is 11.1 Å². The molecular weight excluding hydrogens is 490 g/mol. The number of nitrogens with zero attached hydrogens (tertiary/aromatic N) is 1. The average Bonchev–Trinajstić information content (AvgIpc) is 3.44. The van der Waals surface area contributed by atoms with Gasteiger partial charge in [0.15, 0.2) is 0 Å². The molecule has 0 bridgehead atoms. The van der Waals surface area contributed by atoms with Crippen LogP contribution in [0.4, 0.5) is 17.1 Å². The lowest BCUT2D eigenvalue weighted by Crippen LogP contribution is -2.16. The van der Waals surface area contributed by atoms with Crippen molar-refractivity contribution in [2.75, 3.05) is 4.90 Å². The van der Waals surface area contributed by atoms with Crippen molar-refractivity contribution in [2.24, 2.45) is 0 Å². The lowest BCUT2D eigenvalue weighted by atomic mass is 9.82. The number of rotatable bonds is 3. The van der Waals surface area contributed by atoms with E-state index in [1.807, 2.05) is 11.3 Å². The molecule has 0 fully saturated rings. The molecule has 0 radical (unpaired) electrons. The highest BCUT2D eigenvalue weighted by Gasteiger charge is 2.35. The van der Waals surface area contributed by atoms with Gasteiger partial charge in [0.2, 0.25) is 0 Å². The largest absolute Gasteiger partial charge is 0.310 e. The molecule has 8 rings (SSSR count). The predicted molar refractivity (Wildman–Crippen MR) is 169 cm³/mol. The Morgan fingerprint density at radius 3 is 2.10 bits per heavy atom. The van der Waals surface area contributed by atoms with Crippen molar-refractivity contribution in [3.05, 3.63) is 139 Å². The minimum Gasteiger partial charge on any atom is -0.310 e. The Morgan fingerprint density at radius 1 is 0.487 bits per heavy atom. The van der Waals surface area contributed by atoms with Crippen molar-refractivity contribution < 1.29 is 0 Å². The molecule has 0 aliphatic heterocycles. The fourth-order valence-corrected chi connectivity index (χ4v) is 7.59. The van der Waals surface area contributed by atoms with Crippen molar-refractivity contribution in [2.45, 2.75) is 19.3 Å². The van der Waals surface area contributed by atoms with Crippen molar-refractivity contribution in [1.82, 2.24) is 0 Å². The van der Waals surface area contributed by atoms with Gasteiger partial charge in [-0.3, -0.25) is 0 Å². The van der Waals surface area contributed by atoms with Crippen LogP contribution in [0.3, 0.4) is 0 Å². The van der Waals surface area contributed by atoms with Gasteiger partial charge in [-0.05, 0) is 87.6 Å². The highest BCUT2D eigenvalue weighted by molar-refractivity contribution is 7.25. The summed E-state index contributed by atoms with van der Waals surface area (Å²) in [4.78, 5) is 2.40. The molecule has 6 aromatic carbocycles. The second-order valence-electron chi connectivity index (χ2n) is 11.0. The molecule has 0 N–H and O–H groups in total. The van der Waals surface area contributed by atoms with Gasteiger partial charge in [0, 0.05) is 42.6 Å². The fraction of sp³-hybridized carbons (Fsp3) is 0.0811. The molecule has 1 heterocycles. The van der Waals surface area contributed by atoms with Gasteiger partial charge >= 0.3 is 0 Å². The summed E-state index contributed by atoms with van der Waals surface area (Å²) in [6.07, 6.45) is 0. The van der Waals surface area contributed by atoms with Gasteiger partial charge in [0.25, 0.3) is 0 Å². The van der Waals surface area contributed by atoms with Crippen LogP contribution in [0.2, 0.25) is 0 Å². The maximum absolute atomic E-state index is 2.40. The zero-order valence-corrected chi connectivity index (χ0v) is 22.8. The van der Waals surface area contributed by atoms with E-state index < -0.39 is 0 Å². The van der Waals surface area contributed by atoms with E-state index in [0.29, 0.717) is 0 Å². The van der Waals surface area contributed by atoms with Crippen LogP contribution in [0, 0.1) is 0 Å². The molecule has 1 nitrogen and oxygen atoms in total. The van der Waals surface area contributed by atoms with Gasteiger partial charge in [-0.25, -0.2) is 0 Å². The number of benzene rings is 6. The Hall–Kier alpha value is -4.40. The van der Waals surface area contributed by atoms with E-state index in [1.54, 1.807) is 0 Å². The van der Waals surface area contributed by atoms with Gasteiger partial charge in [0.05, 0.1) is 0 Å². The maximum atomic E-state index is 2.40. The first-order valence-electron chi connectivity index (χ1n) is 13.5. The standard InChI is InChI=1S/C37H27NS/c1-37(2)33-14-8-6-12-29(33)30-19-18-28(23-34(30)37)38(26-10-4-3-5-11-26)27-17-16-24-21-32-31-13-7-9-15-35(31)39-36(32)22-25(24)20-27/h3-23H,1-2H3. The molecule has 2 heteroatoms. The van der Waals surface area contributed by atoms with E-state index in [4.69, 9.17) is 0 Å². The third-order valence-electron chi connectivity index (χ3n) is 8.42. The molecule has 0 amide bonds. The first kappa shape index (κ1) is 22.6. The molecule has 7 aromatic rings. The Bertz CT molecular complexity index is 2050. The number of hydrogen-bond acceptors (Lipinski definition) is 2. The van der Waals surface area contributed by atoms with Crippen LogP contribution in [0.15, 0.2) is 127 Å². The van der Waals surface area contributed by atoms with Crippen LogP contribution in [-0.4, -0.2) is 0 Å².